The van der Waals surface area contributed by atoms with Gasteiger partial charge in [0.2, 0.25) is 5.91 Å². The first-order valence-electron chi connectivity index (χ1n) is 9.26. The molecule has 150 valence electrons. The van der Waals surface area contributed by atoms with Gasteiger partial charge in [0.1, 0.15) is 12.6 Å². The average molecular weight is 384 g/mol. The Hall–Kier alpha value is -2.86. The Morgan fingerprint density at radius 1 is 0.929 bits per heavy atom. The number of ether oxygens (including phenoxy) is 2. The summed E-state index contributed by atoms with van der Waals surface area (Å²) in [6.07, 6.45) is -0.666. The van der Waals surface area contributed by atoms with Crippen molar-refractivity contribution in [2.45, 2.75) is 45.6 Å². The van der Waals surface area contributed by atoms with Crippen LogP contribution >= 0.6 is 0 Å². The third-order valence-corrected chi connectivity index (χ3v) is 3.81. The third-order valence-electron chi connectivity index (χ3n) is 3.81. The van der Waals surface area contributed by atoms with Crippen molar-refractivity contribution in [3.8, 4) is 0 Å². The second kappa shape index (κ2) is 10.5. The van der Waals surface area contributed by atoms with E-state index < -0.39 is 17.7 Å². The fraction of sp³-hybridized carbons (Fsp3) is 0.364. The zero-order valence-electron chi connectivity index (χ0n) is 16.6. The molecule has 2 amide bonds. The van der Waals surface area contributed by atoms with Crippen LogP contribution in [0.4, 0.5) is 4.79 Å². The Balaban J connectivity index is 1.91. The number of hydrogen-bond acceptors (Lipinski definition) is 4. The number of alkyl carbamates (subject to hydrolysis) is 1. The van der Waals surface area contributed by atoms with E-state index in [-0.39, 0.29) is 19.1 Å². The monoisotopic (exact) mass is 384 g/mol. The number of nitrogens with one attached hydrogen (secondary N) is 2. The third kappa shape index (κ3) is 8.22. The van der Waals surface area contributed by atoms with Crippen molar-refractivity contribution in [3.05, 3.63) is 71.8 Å². The van der Waals surface area contributed by atoms with Gasteiger partial charge in [-0.15, -0.1) is 0 Å². The first-order valence-corrected chi connectivity index (χ1v) is 9.26. The minimum Gasteiger partial charge on any atom is -0.445 e. The predicted octanol–water partition coefficient (Wildman–Crippen LogP) is 3.41. The Labute approximate surface area is 166 Å². The summed E-state index contributed by atoms with van der Waals surface area (Å²) in [5.74, 6) is -0.329. The van der Waals surface area contributed by atoms with Crippen LogP contribution in [0.15, 0.2) is 60.7 Å². The first-order chi connectivity index (χ1) is 13.3. The van der Waals surface area contributed by atoms with Crippen molar-refractivity contribution in [1.29, 1.82) is 0 Å². The molecule has 0 saturated carbocycles. The molecule has 0 unspecified atom stereocenters. The van der Waals surface area contributed by atoms with Crippen molar-refractivity contribution in [3.63, 3.8) is 0 Å². The molecule has 6 heteroatoms. The predicted molar refractivity (Wildman–Crippen MR) is 108 cm³/mol. The van der Waals surface area contributed by atoms with Crippen LogP contribution in [-0.2, 0) is 27.4 Å². The second-order valence-electron chi connectivity index (χ2n) is 7.39. The summed E-state index contributed by atoms with van der Waals surface area (Å²) in [5, 5.41) is 5.42. The number of amides is 2. The zero-order chi connectivity index (χ0) is 20.4. The largest absolute Gasteiger partial charge is 0.445 e. The molecule has 0 radical (unpaired) electrons. The lowest BCUT2D eigenvalue weighted by Gasteiger charge is -2.24. The zero-order valence-corrected chi connectivity index (χ0v) is 16.6. The summed E-state index contributed by atoms with van der Waals surface area (Å²) >= 11 is 0. The Morgan fingerprint density at radius 3 is 2.07 bits per heavy atom. The Morgan fingerprint density at radius 2 is 1.50 bits per heavy atom. The van der Waals surface area contributed by atoms with Crippen LogP contribution in [0.5, 0.6) is 0 Å². The summed E-state index contributed by atoms with van der Waals surface area (Å²) in [4.78, 5) is 24.7. The molecular weight excluding hydrogens is 356 g/mol. The van der Waals surface area contributed by atoms with Crippen LogP contribution in [0.1, 0.15) is 31.9 Å². The highest BCUT2D eigenvalue weighted by atomic mass is 16.5. The lowest BCUT2D eigenvalue weighted by molar-refractivity contribution is -0.126. The van der Waals surface area contributed by atoms with Crippen LogP contribution in [0.3, 0.4) is 0 Å². The fourth-order valence-corrected chi connectivity index (χ4v) is 2.33. The minimum absolute atomic E-state index is 0.0462. The van der Waals surface area contributed by atoms with Gasteiger partial charge < -0.3 is 20.1 Å². The maximum absolute atomic E-state index is 12.6. The van der Waals surface area contributed by atoms with Gasteiger partial charge in [-0.25, -0.2) is 4.79 Å². The molecule has 0 heterocycles. The molecule has 0 bridgehead atoms. The van der Waals surface area contributed by atoms with Crippen molar-refractivity contribution < 1.29 is 19.1 Å². The van der Waals surface area contributed by atoms with E-state index >= 15 is 0 Å². The van der Waals surface area contributed by atoms with Crippen molar-refractivity contribution >= 4 is 12.0 Å². The van der Waals surface area contributed by atoms with Gasteiger partial charge in [-0.2, -0.15) is 0 Å². The van der Waals surface area contributed by atoms with Gasteiger partial charge in [0.05, 0.1) is 12.2 Å². The van der Waals surface area contributed by atoms with Crippen molar-refractivity contribution in [2.75, 3.05) is 6.61 Å². The van der Waals surface area contributed by atoms with Crippen LogP contribution in [0.25, 0.3) is 0 Å². The number of rotatable bonds is 8. The topological polar surface area (TPSA) is 76.7 Å². The molecule has 0 aliphatic carbocycles. The lowest BCUT2D eigenvalue weighted by atomic mass is 10.2. The molecule has 28 heavy (non-hydrogen) atoms. The van der Waals surface area contributed by atoms with E-state index in [2.05, 4.69) is 10.6 Å². The van der Waals surface area contributed by atoms with E-state index in [4.69, 9.17) is 9.47 Å². The van der Waals surface area contributed by atoms with Crippen LogP contribution in [-0.4, -0.2) is 30.3 Å². The highest BCUT2D eigenvalue weighted by Gasteiger charge is 2.24. The Bertz CT molecular complexity index is 742. The molecule has 1 atom stereocenters. The number of hydrogen-bond donors (Lipinski definition) is 2. The van der Waals surface area contributed by atoms with Gasteiger partial charge in [0.15, 0.2) is 0 Å². The maximum Gasteiger partial charge on any atom is 0.408 e. The normalized spacial score (nSPS) is 12.1. The van der Waals surface area contributed by atoms with Crippen LogP contribution in [0.2, 0.25) is 0 Å². The SMILES string of the molecule is CC(C)(C)OC[C@@H](NC(=O)OCc1ccccc1)C(=O)NCc1ccccc1. The molecule has 0 aliphatic rings. The molecule has 0 aliphatic heterocycles. The van der Waals surface area contributed by atoms with Gasteiger partial charge in [0.25, 0.3) is 0 Å². The first kappa shape index (κ1) is 21.4. The molecule has 6 nitrogen and oxygen atoms in total. The van der Waals surface area contributed by atoms with E-state index in [1.807, 2.05) is 81.4 Å². The van der Waals surface area contributed by atoms with Crippen LogP contribution < -0.4 is 10.6 Å². The average Bonchev–Trinajstić information content (AvgIpc) is 2.68. The summed E-state index contributed by atoms with van der Waals surface area (Å²) < 4.78 is 10.9. The quantitative estimate of drug-likeness (QED) is 0.731. The van der Waals surface area contributed by atoms with E-state index in [0.717, 1.165) is 11.1 Å². The maximum atomic E-state index is 12.6. The van der Waals surface area contributed by atoms with Gasteiger partial charge in [0, 0.05) is 6.54 Å². The highest BCUT2D eigenvalue weighted by Crippen LogP contribution is 2.08. The minimum atomic E-state index is -0.855. The number of carbonyl (C=O) groups is 2. The van der Waals surface area contributed by atoms with E-state index in [1.54, 1.807) is 0 Å². The van der Waals surface area contributed by atoms with E-state index in [1.165, 1.54) is 0 Å². The van der Waals surface area contributed by atoms with Gasteiger partial charge in [-0.3, -0.25) is 4.79 Å². The molecule has 2 N–H and O–H groups in total. The van der Waals surface area contributed by atoms with Crippen molar-refractivity contribution in [1.82, 2.24) is 10.6 Å². The molecule has 0 saturated heterocycles. The molecule has 2 rings (SSSR count). The number of carbonyl (C=O) groups excluding carboxylic acids is 2. The Kier molecular flexibility index (Phi) is 8.02. The fourth-order valence-electron chi connectivity index (χ4n) is 2.33. The van der Waals surface area contributed by atoms with Crippen molar-refractivity contribution in [2.24, 2.45) is 0 Å². The van der Waals surface area contributed by atoms with E-state index in [9.17, 15) is 9.59 Å². The lowest BCUT2D eigenvalue weighted by Crippen LogP contribution is -2.50. The molecule has 2 aromatic rings. The second-order valence-corrected chi connectivity index (χ2v) is 7.39. The summed E-state index contributed by atoms with van der Waals surface area (Å²) in [6, 6.07) is 18.1. The molecular formula is C22H28N2O4. The van der Waals surface area contributed by atoms with Gasteiger partial charge in [-0.05, 0) is 31.9 Å². The standard InChI is InChI=1S/C22H28N2O4/c1-22(2,3)28-16-19(20(25)23-14-17-10-6-4-7-11-17)24-21(26)27-15-18-12-8-5-9-13-18/h4-13,19H,14-16H2,1-3H3,(H,23,25)(H,24,26)/t19-/m1/s1. The number of benzene rings is 2. The van der Waals surface area contributed by atoms with Crippen LogP contribution in [0, 0.1) is 0 Å². The van der Waals surface area contributed by atoms with Gasteiger partial charge in [-0.1, -0.05) is 60.7 Å². The van der Waals surface area contributed by atoms with Gasteiger partial charge >= 0.3 is 6.09 Å². The highest BCUT2D eigenvalue weighted by molar-refractivity contribution is 5.85. The molecule has 2 aromatic carbocycles. The molecule has 0 aromatic heterocycles. The molecule has 0 spiro atoms. The summed E-state index contributed by atoms with van der Waals surface area (Å²) in [6.45, 7) is 6.21. The molecule has 0 fully saturated rings. The summed E-state index contributed by atoms with van der Waals surface area (Å²) in [7, 11) is 0. The summed E-state index contributed by atoms with van der Waals surface area (Å²) in [5.41, 5.74) is 1.40. The van der Waals surface area contributed by atoms with E-state index in [0.29, 0.717) is 6.54 Å². The smallest absolute Gasteiger partial charge is 0.408 e.